The number of aliphatic hydroxyl groups is 1. The number of piperidine rings is 1. The number of nitrogens with zero attached hydrogens (tertiary/aromatic N) is 1. The SMILES string of the molecule is COCCCN1CCOc2ccc(CO[C@H]3CNC[C@@H](CO)[C@@H]3c3ccc(OCCC[C@@H](C)OC)cc3)cc21. The Kier molecular flexibility index (Phi) is 11.7. The smallest absolute Gasteiger partial charge is 0.142 e. The fraction of sp³-hybridized carbons (Fsp3) is 0.613. The second-order valence-corrected chi connectivity index (χ2v) is 10.6. The monoisotopic (exact) mass is 542 g/mol. The molecule has 1 saturated heterocycles. The average Bonchev–Trinajstić information content (AvgIpc) is 2.98. The Morgan fingerprint density at radius 2 is 1.92 bits per heavy atom. The van der Waals surface area contributed by atoms with Crippen LogP contribution in [0.1, 0.15) is 43.2 Å². The lowest BCUT2D eigenvalue weighted by Gasteiger charge is -2.38. The van der Waals surface area contributed by atoms with Gasteiger partial charge in [0.2, 0.25) is 0 Å². The van der Waals surface area contributed by atoms with Crippen LogP contribution in [0.3, 0.4) is 0 Å². The van der Waals surface area contributed by atoms with Crippen LogP contribution in [0.5, 0.6) is 11.5 Å². The van der Waals surface area contributed by atoms with Crippen molar-refractivity contribution in [2.75, 3.05) is 71.7 Å². The molecule has 8 heteroatoms. The molecule has 0 amide bonds. The lowest BCUT2D eigenvalue weighted by Crippen LogP contribution is -2.47. The van der Waals surface area contributed by atoms with Crippen molar-refractivity contribution in [1.82, 2.24) is 5.32 Å². The second kappa shape index (κ2) is 15.4. The molecule has 2 aliphatic heterocycles. The van der Waals surface area contributed by atoms with Crippen LogP contribution in [0.15, 0.2) is 42.5 Å². The Bertz CT molecular complexity index is 988. The van der Waals surface area contributed by atoms with Gasteiger partial charge in [0.15, 0.2) is 0 Å². The van der Waals surface area contributed by atoms with E-state index in [1.165, 1.54) is 5.56 Å². The van der Waals surface area contributed by atoms with E-state index in [4.69, 9.17) is 23.7 Å². The molecule has 216 valence electrons. The van der Waals surface area contributed by atoms with E-state index in [9.17, 15) is 5.11 Å². The number of fused-ring (bicyclic) bond motifs is 1. The van der Waals surface area contributed by atoms with Crippen LogP contribution in [-0.2, 0) is 20.8 Å². The number of hydrogen-bond donors (Lipinski definition) is 2. The standard InChI is InChI=1S/C31H46N2O6/c1-23(36-3)6-4-16-37-27-10-8-25(9-11-27)31-26(21-34)19-32-20-30(31)39-22-24-7-12-29-28(18-24)33(14-17-38-29)13-5-15-35-2/h7-12,18,23,26,30-32,34H,4-6,13-17,19-22H2,1-3H3/t23-,26+,30+,31+/m1/s1. The van der Waals surface area contributed by atoms with E-state index in [0.717, 1.165) is 74.8 Å². The highest BCUT2D eigenvalue weighted by Gasteiger charge is 2.35. The maximum atomic E-state index is 10.2. The summed E-state index contributed by atoms with van der Waals surface area (Å²) in [6.07, 6.45) is 3.10. The van der Waals surface area contributed by atoms with E-state index in [1.54, 1.807) is 14.2 Å². The van der Waals surface area contributed by atoms with Crippen molar-refractivity contribution in [3.63, 3.8) is 0 Å². The van der Waals surface area contributed by atoms with Crippen molar-refractivity contribution < 1.29 is 28.8 Å². The van der Waals surface area contributed by atoms with Crippen LogP contribution in [-0.4, -0.2) is 84.1 Å². The predicted octanol–water partition coefficient (Wildman–Crippen LogP) is 4.00. The van der Waals surface area contributed by atoms with Crippen LogP contribution < -0.4 is 19.7 Å². The van der Waals surface area contributed by atoms with Crippen molar-refractivity contribution in [2.45, 2.75) is 50.9 Å². The van der Waals surface area contributed by atoms with Gasteiger partial charge in [-0.25, -0.2) is 0 Å². The van der Waals surface area contributed by atoms with Crippen LogP contribution in [0, 0.1) is 5.92 Å². The van der Waals surface area contributed by atoms with E-state index in [2.05, 4.69) is 47.5 Å². The number of methoxy groups -OCH3 is 2. The highest BCUT2D eigenvalue weighted by molar-refractivity contribution is 5.61. The van der Waals surface area contributed by atoms with Crippen LogP contribution in [0.25, 0.3) is 0 Å². The van der Waals surface area contributed by atoms with Gasteiger partial charge >= 0.3 is 0 Å². The largest absolute Gasteiger partial charge is 0.494 e. The molecule has 1 fully saturated rings. The van der Waals surface area contributed by atoms with Crippen LogP contribution >= 0.6 is 0 Å². The zero-order valence-corrected chi connectivity index (χ0v) is 23.8. The molecule has 4 atom stereocenters. The van der Waals surface area contributed by atoms with E-state index in [1.807, 2.05) is 12.1 Å². The molecule has 2 aliphatic rings. The van der Waals surface area contributed by atoms with Crippen LogP contribution in [0.2, 0.25) is 0 Å². The third kappa shape index (κ3) is 8.32. The summed E-state index contributed by atoms with van der Waals surface area (Å²) >= 11 is 0. The number of hydrogen-bond acceptors (Lipinski definition) is 8. The fourth-order valence-corrected chi connectivity index (χ4v) is 5.50. The molecular weight excluding hydrogens is 496 g/mol. The Morgan fingerprint density at radius 3 is 2.69 bits per heavy atom. The van der Waals surface area contributed by atoms with Gasteiger partial charge in [0, 0.05) is 58.9 Å². The number of ether oxygens (including phenoxy) is 5. The van der Waals surface area contributed by atoms with Crippen molar-refractivity contribution in [2.24, 2.45) is 5.92 Å². The molecule has 2 heterocycles. The zero-order valence-electron chi connectivity index (χ0n) is 23.8. The Labute approximate surface area is 233 Å². The lowest BCUT2D eigenvalue weighted by molar-refractivity contribution is -0.0151. The number of benzene rings is 2. The first-order chi connectivity index (χ1) is 19.1. The predicted molar refractivity (Wildman–Crippen MR) is 153 cm³/mol. The molecule has 0 aromatic heterocycles. The molecule has 2 aromatic rings. The minimum atomic E-state index is -0.0525. The minimum absolute atomic E-state index is 0.0525. The van der Waals surface area contributed by atoms with Crippen molar-refractivity contribution in [3.8, 4) is 11.5 Å². The third-order valence-electron chi connectivity index (χ3n) is 7.81. The maximum absolute atomic E-state index is 10.2. The molecule has 0 bridgehead atoms. The van der Waals surface area contributed by atoms with Gasteiger partial charge < -0.3 is 39.0 Å². The summed E-state index contributed by atoms with van der Waals surface area (Å²) < 4.78 is 28.9. The molecule has 0 radical (unpaired) electrons. The second-order valence-electron chi connectivity index (χ2n) is 10.6. The number of nitrogens with one attached hydrogen (secondary N) is 1. The Balaban J connectivity index is 1.38. The maximum Gasteiger partial charge on any atom is 0.142 e. The van der Waals surface area contributed by atoms with Crippen molar-refractivity contribution >= 4 is 5.69 Å². The first kappa shape index (κ1) is 29.6. The van der Waals surface area contributed by atoms with Gasteiger partial charge in [0.1, 0.15) is 18.1 Å². The lowest BCUT2D eigenvalue weighted by atomic mass is 9.79. The van der Waals surface area contributed by atoms with Crippen LogP contribution in [0.4, 0.5) is 5.69 Å². The number of anilines is 1. The Hall–Kier alpha value is -2.36. The molecule has 4 rings (SSSR count). The van der Waals surface area contributed by atoms with E-state index in [-0.39, 0.29) is 30.7 Å². The number of rotatable bonds is 15. The van der Waals surface area contributed by atoms with E-state index in [0.29, 0.717) is 19.8 Å². The summed E-state index contributed by atoms with van der Waals surface area (Å²) in [5, 5.41) is 13.6. The van der Waals surface area contributed by atoms with Gasteiger partial charge in [-0.2, -0.15) is 0 Å². The molecule has 0 unspecified atom stereocenters. The number of aliphatic hydroxyl groups excluding tert-OH is 1. The minimum Gasteiger partial charge on any atom is -0.494 e. The topological polar surface area (TPSA) is 81.7 Å². The third-order valence-corrected chi connectivity index (χ3v) is 7.81. The van der Waals surface area contributed by atoms with E-state index >= 15 is 0 Å². The summed E-state index contributed by atoms with van der Waals surface area (Å²) in [7, 11) is 3.48. The normalized spacial score (nSPS) is 21.7. The van der Waals surface area contributed by atoms with Gasteiger partial charge in [-0.1, -0.05) is 18.2 Å². The molecule has 0 saturated carbocycles. The van der Waals surface area contributed by atoms with Crippen molar-refractivity contribution in [1.29, 1.82) is 0 Å². The van der Waals surface area contributed by atoms with E-state index < -0.39 is 0 Å². The summed E-state index contributed by atoms with van der Waals surface area (Å²) in [5.41, 5.74) is 3.41. The molecule has 8 nitrogen and oxygen atoms in total. The quantitative estimate of drug-likeness (QED) is 0.327. The highest BCUT2D eigenvalue weighted by Crippen LogP contribution is 2.36. The summed E-state index contributed by atoms with van der Waals surface area (Å²) in [4.78, 5) is 2.37. The van der Waals surface area contributed by atoms with Gasteiger partial charge in [-0.15, -0.1) is 0 Å². The Morgan fingerprint density at radius 1 is 1.08 bits per heavy atom. The van der Waals surface area contributed by atoms with Gasteiger partial charge in [0.05, 0.1) is 37.7 Å². The highest BCUT2D eigenvalue weighted by atomic mass is 16.5. The first-order valence-electron chi connectivity index (χ1n) is 14.3. The fourth-order valence-electron chi connectivity index (χ4n) is 5.50. The van der Waals surface area contributed by atoms with Gasteiger partial charge in [-0.05, 0) is 61.6 Å². The van der Waals surface area contributed by atoms with Crippen molar-refractivity contribution in [3.05, 3.63) is 53.6 Å². The summed E-state index contributed by atoms with van der Waals surface area (Å²) in [6.45, 7) is 8.12. The van der Waals surface area contributed by atoms with Gasteiger partial charge in [-0.3, -0.25) is 0 Å². The average molecular weight is 543 g/mol. The summed E-state index contributed by atoms with van der Waals surface area (Å²) in [6, 6.07) is 14.6. The molecule has 39 heavy (non-hydrogen) atoms. The molecular formula is C31H46N2O6. The zero-order chi connectivity index (χ0) is 27.5. The van der Waals surface area contributed by atoms with Gasteiger partial charge in [0.25, 0.3) is 0 Å². The summed E-state index contributed by atoms with van der Waals surface area (Å²) in [5.74, 6) is 1.97. The molecule has 0 spiro atoms. The first-order valence-corrected chi connectivity index (χ1v) is 14.3. The molecule has 2 aromatic carbocycles. The molecule has 0 aliphatic carbocycles. The molecule has 2 N–H and O–H groups in total.